The topological polar surface area (TPSA) is 26.3 Å². The number of ether oxygens (including phenoxy) is 1. The Bertz CT molecular complexity index is 402. The summed E-state index contributed by atoms with van der Waals surface area (Å²) in [5, 5.41) is 0. The van der Waals surface area contributed by atoms with E-state index in [-0.39, 0.29) is 11.0 Å². The maximum Gasteiger partial charge on any atom is 0.149 e. The smallest absolute Gasteiger partial charge is 0.149 e. The summed E-state index contributed by atoms with van der Waals surface area (Å²) in [5.41, 5.74) is 0. The molecule has 1 heterocycles. The highest BCUT2D eigenvalue weighted by Crippen LogP contribution is 2.50. The molecule has 0 aromatic heterocycles. The second-order valence-electron chi connectivity index (χ2n) is 9.12. The molecule has 23 heavy (non-hydrogen) atoms. The van der Waals surface area contributed by atoms with Crippen LogP contribution in [-0.4, -0.2) is 53.2 Å². The standard InChI is InChI=1S/C19H36NO2S/c1-20(2,3)14-18-15-23(21)19(22-18,16-10-6-4-7-11-16)17-12-8-5-9-13-17/h16-18H,4-15H2,1-3H3/q+1/t18-,23+/m1/s1. The molecule has 0 spiro atoms. The highest BCUT2D eigenvalue weighted by Gasteiger charge is 2.57. The summed E-state index contributed by atoms with van der Waals surface area (Å²) in [6, 6.07) is 0. The van der Waals surface area contributed by atoms with Crippen molar-refractivity contribution in [3.8, 4) is 0 Å². The minimum Gasteiger partial charge on any atom is -0.351 e. The second-order valence-corrected chi connectivity index (χ2v) is 10.8. The number of hydrogen-bond acceptors (Lipinski definition) is 2. The van der Waals surface area contributed by atoms with Crippen LogP contribution < -0.4 is 0 Å². The molecule has 0 unspecified atom stereocenters. The molecule has 0 amide bonds. The minimum absolute atomic E-state index is 0.180. The fourth-order valence-electron chi connectivity index (χ4n) is 5.26. The van der Waals surface area contributed by atoms with Crippen LogP contribution in [0.4, 0.5) is 0 Å². The maximum absolute atomic E-state index is 13.4. The van der Waals surface area contributed by atoms with E-state index in [4.69, 9.17) is 4.74 Å². The predicted molar refractivity (Wildman–Crippen MR) is 96.7 cm³/mol. The first kappa shape index (κ1) is 17.9. The Morgan fingerprint density at radius 1 is 0.913 bits per heavy atom. The van der Waals surface area contributed by atoms with Crippen LogP contribution in [0.2, 0.25) is 0 Å². The van der Waals surface area contributed by atoms with Gasteiger partial charge in [-0.15, -0.1) is 0 Å². The van der Waals surface area contributed by atoms with E-state index in [1.807, 2.05) is 0 Å². The van der Waals surface area contributed by atoms with E-state index in [1.165, 1.54) is 64.2 Å². The zero-order chi connectivity index (χ0) is 16.5. The Morgan fingerprint density at radius 2 is 1.39 bits per heavy atom. The average Bonchev–Trinajstić information content (AvgIpc) is 2.84. The van der Waals surface area contributed by atoms with Crippen molar-refractivity contribution in [3.63, 3.8) is 0 Å². The Hall–Kier alpha value is 0.0700. The summed E-state index contributed by atoms with van der Waals surface area (Å²) in [4.78, 5) is -0.305. The highest BCUT2D eigenvalue weighted by molar-refractivity contribution is 7.86. The molecule has 134 valence electrons. The van der Waals surface area contributed by atoms with Crippen molar-refractivity contribution in [2.45, 2.75) is 75.2 Å². The SMILES string of the molecule is C[N+](C)(C)C[C@@H]1C[S@](=O)C(C2CCCCC2)(C2CCCCC2)O1. The molecule has 2 atom stereocenters. The molecule has 2 aliphatic carbocycles. The maximum atomic E-state index is 13.4. The van der Waals surface area contributed by atoms with Gasteiger partial charge in [-0.25, -0.2) is 0 Å². The van der Waals surface area contributed by atoms with Crippen molar-refractivity contribution in [1.82, 2.24) is 0 Å². The Morgan fingerprint density at radius 3 is 1.83 bits per heavy atom. The van der Waals surface area contributed by atoms with E-state index in [0.29, 0.717) is 11.8 Å². The monoisotopic (exact) mass is 342 g/mol. The van der Waals surface area contributed by atoms with Crippen molar-refractivity contribution >= 4 is 10.8 Å². The molecule has 3 rings (SSSR count). The van der Waals surface area contributed by atoms with Gasteiger partial charge < -0.3 is 9.22 Å². The summed E-state index contributed by atoms with van der Waals surface area (Å²) < 4.78 is 21.1. The molecule has 4 heteroatoms. The van der Waals surface area contributed by atoms with Gasteiger partial charge in [0.15, 0.2) is 0 Å². The van der Waals surface area contributed by atoms with E-state index in [2.05, 4.69) is 21.1 Å². The molecule has 1 aliphatic heterocycles. The quantitative estimate of drug-likeness (QED) is 0.728. The molecular weight excluding hydrogens is 306 g/mol. The van der Waals surface area contributed by atoms with Gasteiger partial charge in [0, 0.05) is 11.8 Å². The van der Waals surface area contributed by atoms with Gasteiger partial charge in [-0.05, 0) is 25.7 Å². The van der Waals surface area contributed by atoms with E-state index in [1.54, 1.807) is 0 Å². The lowest BCUT2D eigenvalue weighted by Gasteiger charge is -2.45. The molecule has 0 radical (unpaired) electrons. The van der Waals surface area contributed by atoms with Crippen LogP contribution in [0.5, 0.6) is 0 Å². The zero-order valence-corrected chi connectivity index (χ0v) is 16.2. The largest absolute Gasteiger partial charge is 0.351 e. The summed E-state index contributed by atoms with van der Waals surface area (Å²) in [7, 11) is 5.84. The zero-order valence-electron chi connectivity index (χ0n) is 15.4. The van der Waals surface area contributed by atoms with Crippen LogP contribution in [-0.2, 0) is 15.5 Å². The van der Waals surface area contributed by atoms with Gasteiger partial charge in [0.25, 0.3) is 0 Å². The summed E-state index contributed by atoms with van der Waals surface area (Å²) in [6.07, 6.45) is 13.0. The number of hydrogen-bond donors (Lipinski definition) is 0. The van der Waals surface area contributed by atoms with Gasteiger partial charge in [-0.2, -0.15) is 0 Å². The van der Waals surface area contributed by atoms with E-state index >= 15 is 0 Å². The molecule has 3 nitrogen and oxygen atoms in total. The van der Waals surface area contributed by atoms with Crippen LogP contribution in [0.15, 0.2) is 0 Å². The third kappa shape index (κ3) is 3.85. The van der Waals surface area contributed by atoms with Gasteiger partial charge >= 0.3 is 0 Å². The van der Waals surface area contributed by atoms with Gasteiger partial charge in [-0.3, -0.25) is 4.21 Å². The van der Waals surface area contributed by atoms with Gasteiger partial charge in [0.05, 0.1) is 37.7 Å². The number of quaternary nitrogens is 1. The molecule has 0 bridgehead atoms. The van der Waals surface area contributed by atoms with Crippen LogP contribution in [0, 0.1) is 11.8 Å². The van der Waals surface area contributed by atoms with Gasteiger partial charge in [0.2, 0.25) is 0 Å². The van der Waals surface area contributed by atoms with Gasteiger partial charge in [-0.1, -0.05) is 38.5 Å². The number of rotatable bonds is 4. The first-order valence-electron chi connectivity index (χ1n) is 9.78. The van der Waals surface area contributed by atoms with Crippen molar-refractivity contribution in [2.75, 3.05) is 33.4 Å². The predicted octanol–water partition coefficient (Wildman–Crippen LogP) is 3.70. The lowest BCUT2D eigenvalue weighted by Crippen LogP contribution is -2.50. The number of nitrogens with zero attached hydrogens (tertiary/aromatic N) is 1. The molecular formula is C19H36NO2S+. The Labute approximate surface area is 145 Å². The molecule has 0 N–H and O–H groups in total. The average molecular weight is 343 g/mol. The molecule has 1 saturated heterocycles. The lowest BCUT2D eigenvalue weighted by atomic mass is 9.74. The van der Waals surface area contributed by atoms with E-state index < -0.39 is 10.8 Å². The Kier molecular flexibility index (Phi) is 5.54. The van der Waals surface area contributed by atoms with Crippen LogP contribution >= 0.6 is 0 Å². The fourth-order valence-corrected chi connectivity index (χ4v) is 7.49. The summed E-state index contributed by atoms with van der Waals surface area (Å²) in [5.74, 6) is 1.85. The fraction of sp³-hybridized carbons (Fsp3) is 1.00. The molecule has 0 aromatic carbocycles. The highest BCUT2D eigenvalue weighted by atomic mass is 32.2. The van der Waals surface area contributed by atoms with Crippen molar-refractivity contribution in [1.29, 1.82) is 0 Å². The number of likely N-dealkylation sites (N-methyl/N-ethyl adjacent to an activating group) is 1. The molecule has 3 aliphatic rings. The second kappa shape index (κ2) is 7.13. The first-order valence-corrected chi connectivity index (χ1v) is 11.1. The lowest BCUT2D eigenvalue weighted by molar-refractivity contribution is -0.873. The molecule has 2 saturated carbocycles. The van der Waals surface area contributed by atoms with E-state index in [0.717, 1.165) is 16.8 Å². The minimum atomic E-state index is -0.811. The summed E-state index contributed by atoms with van der Waals surface area (Å²) in [6.45, 7) is 0.979. The van der Waals surface area contributed by atoms with Gasteiger partial charge in [0.1, 0.15) is 17.6 Å². The van der Waals surface area contributed by atoms with Crippen molar-refractivity contribution in [2.24, 2.45) is 11.8 Å². The third-order valence-corrected chi connectivity index (χ3v) is 8.29. The van der Waals surface area contributed by atoms with Crippen LogP contribution in [0.25, 0.3) is 0 Å². The van der Waals surface area contributed by atoms with Crippen LogP contribution in [0.3, 0.4) is 0 Å². The third-order valence-electron chi connectivity index (χ3n) is 6.14. The van der Waals surface area contributed by atoms with Crippen molar-refractivity contribution in [3.05, 3.63) is 0 Å². The summed E-state index contributed by atoms with van der Waals surface area (Å²) >= 11 is 0. The molecule has 3 fully saturated rings. The molecule has 0 aromatic rings. The van der Waals surface area contributed by atoms with Crippen LogP contribution in [0.1, 0.15) is 64.2 Å². The first-order chi connectivity index (χ1) is 10.9. The van der Waals surface area contributed by atoms with Crippen molar-refractivity contribution < 1.29 is 13.4 Å². The van der Waals surface area contributed by atoms with E-state index in [9.17, 15) is 4.21 Å². The Balaban J connectivity index is 1.84. The normalized spacial score (nSPS) is 33.9.